The van der Waals surface area contributed by atoms with Crippen LogP contribution < -0.4 is 9.47 Å². The van der Waals surface area contributed by atoms with E-state index < -0.39 is 0 Å². The van der Waals surface area contributed by atoms with Crippen molar-refractivity contribution < 1.29 is 19.0 Å². The Labute approximate surface area is 104 Å². The van der Waals surface area contributed by atoms with Crippen molar-refractivity contribution >= 4 is 17.3 Å². The van der Waals surface area contributed by atoms with Gasteiger partial charge >= 0.3 is 0 Å². The second-order valence-corrected chi connectivity index (χ2v) is 3.66. The smallest absolute Gasteiger partial charge is 0.155 e. The van der Waals surface area contributed by atoms with Crippen LogP contribution in [0.1, 0.15) is 16.2 Å². The lowest BCUT2D eigenvalue weighted by Crippen LogP contribution is -1.94. The fourth-order valence-corrected chi connectivity index (χ4v) is 1.85. The molecule has 0 saturated carbocycles. The van der Waals surface area contributed by atoms with Gasteiger partial charge in [0.15, 0.2) is 12.0 Å². The normalized spacial score (nSPS) is 10.6. The van der Waals surface area contributed by atoms with Crippen LogP contribution in [0.5, 0.6) is 11.5 Å². The number of H-pyrrole nitrogens is 1. The number of rotatable bonds is 5. The maximum Gasteiger partial charge on any atom is 0.155 e. The summed E-state index contributed by atoms with van der Waals surface area (Å²) in [6, 6.07) is 1.60. The highest BCUT2D eigenvalue weighted by molar-refractivity contribution is 5.96. The highest BCUT2D eigenvalue weighted by Crippen LogP contribution is 2.34. The van der Waals surface area contributed by atoms with Crippen LogP contribution in [0.25, 0.3) is 11.0 Å². The average molecular weight is 250 g/mol. The molecule has 0 aliphatic heterocycles. The number of hydrogen-bond acceptors (Lipinski definition) is 5. The van der Waals surface area contributed by atoms with Gasteiger partial charge in [-0.2, -0.15) is 0 Å². The Bertz CT molecular complexity index is 577. The Balaban J connectivity index is 2.73. The largest absolute Gasteiger partial charge is 0.494 e. The first-order valence-corrected chi connectivity index (χ1v) is 5.32. The summed E-state index contributed by atoms with van der Waals surface area (Å²) in [5.74, 6) is 1.62. The van der Waals surface area contributed by atoms with Crippen molar-refractivity contribution in [3.05, 3.63) is 17.5 Å². The number of carbonyl (C=O) groups excluding carboxylic acids is 1. The molecule has 0 aliphatic rings. The summed E-state index contributed by atoms with van der Waals surface area (Å²) < 4.78 is 15.5. The molecule has 2 rings (SSSR count). The minimum Gasteiger partial charge on any atom is -0.494 e. The van der Waals surface area contributed by atoms with Crippen LogP contribution in [0.4, 0.5) is 0 Å². The number of aromatic nitrogens is 2. The molecule has 1 aromatic heterocycles. The number of benzene rings is 1. The summed E-state index contributed by atoms with van der Waals surface area (Å²) in [5.41, 5.74) is 1.66. The molecular formula is C12H14N2O4. The number of imidazole rings is 1. The predicted octanol–water partition coefficient (Wildman–Crippen LogP) is 1.54. The van der Waals surface area contributed by atoms with E-state index in [-0.39, 0.29) is 0 Å². The van der Waals surface area contributed by atoms with Crippen molar-refractivity contribution in [2.75, 3.05) is 21.3 Å². The molecule has 0 amide bonds. The summed E-state index contributed by atoms with van der Waals surface area (Å²) in [6.07, 6.45) is 0.720. The lowest BCUT2D eigenvalue weighted by Gasteiger charge is -2.07. The first-order chi connectivity index (χ1) is 8.74. The molecule has 1 heterocycles. The van der Waals surface area contributed by atoms with Crippen molar-refractivity contribution in [2.45, 2.75) is 6.61 Å². The van der Waals surface area contributed by atoms with Crippen LogP contribution in [0.3, 0.4) is 0 Å². The molecule has 18 heavy (non-hydrogen) atoms. The summed E-state index contributed by atoms with van der Waals surface area (Å²) in [4.78, 5) is 18.5. The highest BCUT2D eigenvalue weighted by Gasteiger charge is 2.17. The fraction of sp³-hybridized carbons (Fsp3) is 0.333. The lowest BCUT2D eigenvalue weighted by molar-refractivity contribution is 0.112. The van der Waals surface area contributed by atoms with Gasteiger partial charge in [-0.3, -0.25) is 4.79 Å². The number of carbonyl (C=O) groups is 1. The molecule has 0 radical (unpaired) electrons. The van der Waals surface area contributed by atoms with Crippen LogP contribution in [0.15, 0.2) is 6.07 Å². The molecule has 1 aromatic carbocycles. The average Bonchev–Trinajstić information content (AvgIpc) is 2.80. The molecule has 0 bridgehead atoms. The maximum atomic E-state index is 11.0. The predicted molar refractivity (Wildman–Crippen MR) is 65.3 cm³/mol. The quantitative estimate of drug-likeness (QED) is 0.815. The summed E-state index contributed by atoms with van der Waals surface area (Å²) >= 11 is 0. The highest BCUT2D eigenvalue weighted by atomic mass is 16.5. The number of nitrogens with zero attached hydrogens (tertiary/aromatic N) is 1. The molecular weight excluding hydrogens is 236 g/mol. The summed E-state index contributed by atoms with van der Waals surface area (Å²) in [6.45, 7) is 0.345. The standard InChI is InChI=1S/C12H14N2O4/c1-16-6-9-13-10-8(17-2)4-7(5-15)12(18-3)11(10)14-9/h4-5H,6H2,1-3H3,(H,13,14). The van der Waals surface area contributed by atoms with E-state index in [2.05, 4.69) is 9.97 Å². The number of methoxy groups -OCH3 is 3. The number of aromatic amines is 1. The zero-order valence-corrected chi connectivity index (χ0v) is 10.4. The molecule has 96 valence electrons. The Morgan fingerprint density at radius 1 is 1.33 bits per heavy atom. The van der Waals surface area contributed by atoms with Gasteiger partial charge in [0.25, 0.3) is 0 Å². The first-order valence-electron chi connectivity index (χ1n) is 5.32. The Hall–Kier alpha value is -2.08. The summed E-state index contributed by atoms with van der Waals surface area (Å²) in [5, 5.41) is 0. The molecule has 6 heteroatoms. The van der Waals surface area contributed by atoms with Gasteiger partial charge in [-0.25, -0.2) is 4.98 Å². The first kappa shape index (κ1) is 12.4. The van der Waals surface area contributed by atoms with E-state index in [0.717, 1.165) is 6.29 Å². The third kappa shape index (κ3) is 1.91. The van der Waals surface area contributed by atoms with Crippen LogP contribution >= 0.6 is 0 Å². The Morgan fingerprint density at radius 2 is 2.11 bits per heavy atom. The Kier molecular flexibility index (Phi) is 3.47. The number of ether oxygens (including phenoxy) is 3. The second kappa shape index (κ2) is 5.05. The van der Waals surface area contributed by atoms with Crippen LogP contribution in [0.2, 0.25) is 0 Å². The van der Waals surface area contributed by atoms with Gasteiger partial charge in [0.2, 0.25) is 0 Å². The van der Waals surface area contributed by atoms with E-state index in [4.69, 9.17) is 14.2 Å². The molecule has 0 unspecified atom stereocenters. The monoisotopic (exact) mass is 250 g/mol. The third-order valence-corrected chi connectivity index (χ3v) is 2.59. The SMILES string of the molecule is COCc1nc2c(OC)cc(C=O)c(OC)c2[nH]1. The number of fused-ring (bicyclic) bond motifs is 1. The maximum absolute atomic E-state index is 11.0. The van der Waals surface area contributed by atoms with Gasteiger partial charge in [-0.1, -0.05) is 0 Å². The minimum atomic E-state index is 0.345. The zero-order chi connectivity index (χ0) is 13.1. The van der Waals surface area contributed by atoms with Crippen molar-refractivity contribution in [3.63, 3.8) is 0 Å². The summed E-state index contributed by atoms with van der Waals surface area (Å²) in [7, 11) is 4.62. The van der Waals surface area contributed by atoms with Crippen LogP contribution in [-0.4, -0.2) is 37.6 Å². The molecule has 1 N–H and O–H groups in total. The lowest BCUT2D eigenvalue weighted by atomic mass is 10.1. The van der Waals surface area contributed by atoms with Gasteiger partial charge in [-0.05, 0) is 6.07 Å². The van der Waals surface area contributed by atoms with E-state index in [1.165, 1.54) is 14.2 Å². The molecule has 0 atom stereocenters. The van der Waals surface area contributed by atoms with Crippen molar-refractivity contribution in [1.82, 2.24) is 9.97 Å². The topological polar surface area (TPSA) is 73.4 Å². The van der Waals surface area contributed by atoms with Crippen molar-refractivity contribution in [1.29, 1.82) is 0 Å². The fourth-order valence-electron chi connectivity index (χ4n) is 1.85. The van der Waals surface area contributed by atoms with Gasteiger partial charge in [0.1, 0.15) is 29.2 Å². The van der Waals surface area contributed by atoms with E-state index >= 15 is 0 Å². The van der Waals surface area contributed by atoms with Crippen molar-refractivity contribution in [2.24, 2.45) is 0 Å². The number of nitrogens with one attached hydrogen (secondary N) is 1. The van der Waals surface area contributed by atoms with Gasteiger partial charge in [0.05, 0.1) is 19.8 Å². The van der Waals surface area contributed by atoms with Crippen LogP contribution in [0, 0.1) is 0 Å². The van der Waals surface area contributed by atoms with Gasteiger partial charge in [-0.15, -0.1) is 0 Å². The Morgan fingerprint density at radius 3 is 2.67 bits per heavy atom. The molecule has 6 nitrogen and oxygen atoms in total. The van der Waals surface area contributed by atoms with E-state index in [1.807, 2.05) is 0 Å². The van der Waals surface area contributed by atoms with E-state index in [1.54, 1.807) is 13.2 Å². The molecule has 2 aromatic rings. The number of hydrogen-bond donors (Lipinski definition) is 1. The second-order valence-electron chi connectivity index (χ2n) is 3.66. The zero-order valence-electron chi connectivity index (χ0n) is 10.4. The van der Waals surface area contributed by atoms with Gasteiger partial charge < -0.3 is 19.2 Å². The molecule has 0 spiro atoms. The molecule has 0 aliphatic carbocycles. The van der Waals surface area contributed by atoms with Crippen molar-refractivity contribution in [3.8, 4) is 11.5 Å². The third-order valence-electron chi connectivity index (χ3n) is 2.59. The van der Waals surface area contributed by atoms with Crippen LogP contribution in [-0.2, 0) is 11.3 Å². The molecule has 0 saturated heterocycles. The van der Waals surface area contributed by atoms with E-state index in [0.29, 0.717) is 40.5 Å². The van der Waals surface area contributed by atoms with Gasteiger partial charge in [0, 0.05) is 7.11 Å². The number of aldehydes is 1. The molecule has 0 fully saturated rings. The minimum absolute atomic E-state index is 0.345. The van der Waals surface area contributed by atoms with E-state index in [9.17, 15) is 4.79 Å².